The Morgan fingerprint density at radius 2 is 2.27 bits per heavy atom. The number of aryl methyl sites for hydroxylation is 2. The Morgan fingerprint density at radius 3 is 2.73 bits per heavy atom. The second-order valence-electron chi connectivity index (χ2n) is 3.67. The van der Waals surface area contributed by atoms with Crippen molar-refractivity contribution in [1.82, 2.24) is 14.8 Å². The van der Waals surface area contributed by atoms with Crippen molar-refractivity contribution in [3.63, 3.8) is 0 Å². The zero-order valence-corrected chi connectivity index (χ0v) is 9.88. The summed E-state index contributed by atoms with van der Waals surface area (Å²) in [6.45, 7) is 3.93. The van der Waals surface area contributed by atoms with Gasteiger partial charge in [-0.2, -0.15) is 5.10 Å². The Morgan fingerprint density at radius 1 is 1.53 bits per heavy atom. The van der Waals surface area contributed by atoms with Crippen LogP contribution in [0.15, 0.2) is 11.6 Å². The van der Waals surface area contributed by atoms with Crippen LogP contribution >= 0.6 is 11.3 Å². The summed E-state index contributed by atoms with van der Waals surface area (Å²) < 4.78 is 1.80. The summed E-state index contributed by atoms with van der Waals surface area (Å²) in [5.41, 5.74) is 8.81. The first-order chi connectivity index (χ1) is 7.08. The van der Waals surface area contributed by atoms with Gasteiger partial charge in [-0.15, -0.1) is 11.3 Å². The van der Waals surface area contributed by atoms with Gasteiger partial charge in [0.1, 0.15) is 5.01 Å². The molecule has 5 heteroatoms. The predicted octanol–water partition coefficient (Wildman–Crippen LogP) is 1.87. The summed E-state index contributed by atoms with van der Waals surface area (Å²) in [6, 6.07) is -0.00743. The molecule has 4 nitrogen and oxygen atoms in total. The summed E-state index contributed by atoms with van der Waals surface area (Å²) in [7, 11) is 1.91. The average Bonchev–Trinajstić information content (AvgIpc) is 2.71. The van der Waals surface area contributed by atoms with Gasteiger partial charge in [-0.25, -0.2) is 4.98 Å². The van der Waals surface area contributed by atoms with Crippen molar-refractivity contribution in [3.05, 3.63) is 23.0 Å². The van der Waals surface area contributed by atoms with Crippen LogP contribution in [0, 0.1) is 6.92 Å². The second kappa shape index (κ2) is 3.75. The molecular weight excluding hydrogens is 208 g/mol. The fourth-order valence-electron chi connectivity index (χ4n) is 1.43. The Bertz CT molecular complexity index is 469. The van der Waals surface area contributed by atoms with Gasteiger partial charge in [-0.05, 0) is 13.8 Å². The SMILES string of the molecule is Cc1nn(C)cc1-c1nc(C(C)N)cs1. The molecule has 1 atom stereocenters. The maximum atomic E-state index is 5.77. The van der Waals surface area contributed by atoms with Crippen molar-refractivity contribution in [2.75, 3.05) is 0 Å². The molecule has 15 heavy (non-hydrogen) atoms. The molecule has 0 radical (unpaired) electrons. The van der Waals surface area contributed by atoms with Crippen molar-refractivity contribution in [3.8, 4) is 10.6 Å². The molecule has 0 aliphatic rings. The van der Waals surface area contributed by atoms with Crippen molar-refractivity contribution < 1.29 is 0 Å². The van der Waals surface area contributed by atoms with E-state index in [1.807, 2.05) is 32.5 Å². The number of rotatable bonds is 2. The molecule has 2 N–H and O–H groups in total. The normalized spacial score (nSPS) is 13.1. The Kier molecular flexibility index (Phi) is 2.58. The van der Waals surface area contributed by atoms with Crippen molar-refractivity contribution >= 4 is 11.3 Å². The van der Waals surface area contributed by atoms with Crippen LogP contribution in [0.5, 0.6) is 0 Å². The average molecular weight is 222 g/mol. The summed E-state index contributed by atoms with van der Waals surface area (Å²) >= 11 is 1.61. The fourth-order valence-corrected chi connectivity index (χ4v) is 2.41. The summed E-state index contributed by atoms with van der Waals surface area (Å²) in [5.74, 6) is 0. The van der Waals surface area contributed by atoms with Crippen molar-refractivity contribution in [1.29, 1.82) is 0 Å². The van der Waals surface area contributed by atoms with Gasteiger partial charge in [0.25, 0.3) is 0 Å². The molecule has 80 valence electrons. The van der Waals surface area contributed by atoms with Gasteiger partial charge >= 0.3 is 0 Å². The first-order valence-corrected chi connectivity index (χ1v) is 5.67. The van der Waals surface area contributed by atoms with E-state index in [-0.39, 0.29) is 6.04 Å². The van der Waals surface area contributed by atoms with Crippen LogP contribution in [-0.4, -0.2) is 14.8 Å². The predicted molar refractivity (Wildman–Crippen MR) is 61.7 cm³/mol. The molecule has 0 fully saturated rings. The lowest BCUT2D eigenvalue weighted by Gasteiger charge is -1.97. The topological polar surface area (TPSA) is 56.7 Å². The summed E-state index contributed by atoms with van der Waals surface area (Å²) in [5, 5.41) is 7.29. The molecule has 0 saturated heterocycles. The molecule has 2 aromatic rings. The standard InChI is InChI=1S/C10H14N4S/c1-6(11)9-5-15-10(12-9)8-4-14(3)13-7(8)2/h4-6H,11H2,1-3H3. The number of nitrogens with zero attached hydrogens (tertiary/aromatic N) is 3. The third kappa shape index (κ3) is 1.93. The van der Waals surface area contributed by atoms with Gasteiger partial charge in [-0.1, -0.05) is 0 Å². The third-order valence-corrected chi connectivity index (χ3v) is 3.13. The number of hydrogen-bond donors (Lipinski definition) is 1. The van der Waals surface area contributed by atoms with E-state index in [2.05, 4.69) is 10.1 Å². The van der Waals surface area contributed by atoms with Crippen LogP contribution in [0.3, 0.4) is 0 Å². The Labute approximate surface area is 92.8 Å². The van der Waals surface area contributed by atoms with E-state index in [1.165, 1.54) is 0 Å². The lowest BCUT2D eigenvalue weighted by atomic mass is 10.2. The van der Waals surface area contributed by atoms with E-state index < -0.39 is 0 Å². The first-order valence-electron chi connectivity index (χ1n) is 4.79. The number of nitrogens with two attached hydrogens (primary N) is 1. The highest BCUT2D eigenvalue weighted by Gasteiger charge is 2.11. The van der Waals surface area contributed by atoms with Crippen LogP contribution in [-0.2, 0) is 7.05 Å². The van der Waals surface area contributed by atoms with Gasteiger partial charge in [-0.3, -0.25) is 4.68 Å². The molecule has 0 aliphatic heterocycles. The maximum Gasteiger partial charge on any atom is 0.127 e. The quantitative estimate of drug-likeness (QED) is 0.844. The highest BCUT2D eigenvalue weighted by molar-refractivity contribution is 7.13. The Hall–Kier alpha value is -1.20. The lowest BCUT2D eigenvalue weighted by molar-refractivity contribution is 0.756. The lowest BCUT2D eigenvalue weighted by Crippen LogP contribution is -2.04. The van der Waals surface area contributed by atoms with Crippen LogP contribution in [0.25, 0.3) is 10.6 Å². The van der Waals surface area contributed by atoms with Crippen LogP contribution in [0.2, 0.25) is 0 Å². The molecule has 0 amide bonds. The van der Waals surface area contributed by atoms with E-state index in [9.17, 15) is 0 Å². The molecule has 0 aliphatic carbocycles. The Balaban J connectivity index is 2.41. The zero-order chi connectivity index (χ0) is 11.0. The van der Waals surface area contributed by atoms with Crippen LogP contribution in [0.4, 0.5) is 0 Å². The molecule has 0 saturated carbocycles. The monoisotopic (exact) mass is 222 g/mol. The molecule has 2 heterocycles. The fraction of sp³-hybridized carbons (Fsp3) is 0.400. The van der Waals surface area contributed by atoms with Gasteiger partial charge < -0.3 is 5.73 Å². The van der Waals surface area contributed by atoms with Gasteiger partial charge in [0, 0.05) is 24.7 Å². The van der Waals surface area contributed by atoms with Crippen LogP contribution in [0.1, 0.15) is 24.4 Å². The van der Waals surface area contributed by atoms with E-state index >= 15 is 0 Å². The zero-order valence-electron chi connectivity index (χ0n) is 9.06. The minimum Gasteiger partial charge on any atom is -0.323 e. The highest BCUT2D eigenvalue weighted by Crippen LogP contribution is 2.27. The first kappa shape index (κ1) is 10.3. The largest absolute Gasteiger partial charge is 0.323 e. The number of thiazole rings is 1. The maximum absolute atomic E-state index is 5.77. The molecular formula is C10H14N4S. The molecule has 2 aromatic heterocycles. The molecule has 1 unspecified atom stereocenters. The van der Waals surface area contributed by atoms with E-state index in [0.717, 1.165) is 22.0 Å². The van der Waals surface area contributed by atoms with Crippen molar-refractivity contribution in [2.45, 2.75) is 19.9 Å². The van der Waals surface area contributed by atoms with Gasteiger partial charge in [0.05, 0.1) is 17.0 Å². The minimum atomic E-state index is -0.00743. The highest BCUT2D eigenvalue weighted by atomic mass is 32.1. The van der Waals surface area contributed by atoms with Crippen LogP contribution < -0.4 is 5.73 Å². The molecule has 2 rings (SSSR count). The van der Waals surface area contributed by atoms with E-state index in [1.54, 1.807) is 16.0 Å². The number of aromatic nitrogens is 3. The summed E-state index contributed by atoms with van der Waals surface area (Å²) in [4.78, 5) is 4.49. The van der Waals surface area contributed by atoms with Gasteiger partial charge in [0.15, 0.2) is 0 Å². The molecule has 0 spiro atoms. The molecule has 0 aromatic carbocycles. The smallest absolute Gasteiger partial charge is 0.127 e. The summed E-state index contributed by atoms with van der Waals surface area (Å²) in [6.07, 6.45) is 1.99. The third-order valence-electron chi connectivity index (χ3n) is 2.23. The van der Waals surface area contributed by atoms with Crippen molar-refractivity contribution in [2.24, 2.45) is 12.8 Å². The van der Waals surface area contributed by atoms with Gasteiger partial charge in [0.2, 0.25) is 0 Å². The van der Waals surface area contributed by atoms with E-state index in [4.69, 9.17) is 5.73 Å². The molecule has 0 bridgehead atoms. The minimum absolute atomic E-state index is 0.00743. The second-order valence-corrected chi connectivity index (χ2v) is 4.53. The number of hydrogen-bond acceptors (Lipinski definition) is 4. The van der Waals surface area contributed by atoms with E-state index in [0.29, 0.717) is 0 Å².